The second kappa shape index (κ2) is 6.67. The van der Waals surface area contributed by atoms with Crippen LogP contribution in [0, 0.1) is 29.9 Å². The topological polar surface area (TPSA) is 84.3 Å². The summed E-state index contributed by atoms with van der Waals surface area (Å²) >= 11 is 0. The molecule has 1 heterocycles. The van der Waals surface area contributed by atoms with Crippen molar-refractivity contribution in [2.24, 2.45) is 5.92 Å². The number of nitro groups is 1. The van der Waals surface area contributed by atoms with Crippen molar-refractivity contribution in [2.45, 2.75) is 33.1 Å². The highest BCUT2D eigenvalue weighted by Crippen LogP contribution is 2.28. The molecule has 0 saturated carbocycles. The summed E-state index contributed by atoms with van der Waals surface area (Å²) in [6, 6.07) is 3.18. The Labute approximate surface area is 124 Å². The lowest BCUT2D eigenvalue weighted by atomic mass is 9.96. The number of carbonyl (C=O) groups excluding carboxylic acids is 1. The van der Waals surface area contributed by atoms with Crippen LogP contribution in [0.15, 0.2) is 12.1 Å². The van der Waals surface area contributed by atoms with E-state index in [0.717, 1.165) is 37.1 Å². The van der Waals surface area contributed by atoms with Gasteiger partial charge in [0.15, 0.2) is 0 Å². The predicted octanol–water partition coefficient (Wildman–Crippen LogP) is 2.54. The first-order chi connectivity index (χ1) is 9.97. The second-order valence-electron chi connectivity index (χ2n) is 5.68. The molecule has 0 bridgehead atoms. The first kappa shape index (κ1) is 15.4. The largest absolute Gasteiger partial charge is 0.320 e. The maximum absolute atomic E-state index is 12.1. The average molecular weight is 291 g/mol. The van der Waals surface area contributed by atoms with Gasteiger partial charge in [0.05, 0.1) is 4.92 Å². The number of piperidine rings is 1. The third-order valence-corrected chi connectivity index (χ3v) is 3.96. The molecule has 1 fully saturated rings. The monoisotopic (exact) mass is 291 g/mol. The van der Waals surface area contributed by atoms with Crippen molar-refractivity contribution in [2.75, 3.05) is 18.4 Å². The summed E-state index contributed by atoms with van der Waals surface area (Å²) in [4.78, 5) is 22.7. The van der Waals surface area contributed by atoms with Crippen LogP contribution < -0.4 is 10.6 Å². The number of nitrogens with one attached hydrogen (secondary N) is 2. The van der Waals surface area contributed by atoms with Crippen LogP contribution in [0.4, 0.5) is 11.4 Å². The molecule has 1 unspecified atom stereocenters. The van der Waals surface area contributed by atoms with E-state index >= 15 is 0 Å². The third kappa shape index (κ3) is 4.01. The van der Waals surface area contributed by atoms with Crippen LogP contribution in [-0.4, -0.2) is 23.9 Å². The molecule has 0 aliphatic carbocycles. The molecule has 1 aromatic rings. The summed E-state index contributed by atoms with van der Waals surface area (Å²) in [5.41, 5.74) is 2.01. The molecular weight excluding hydrogens is 270 g/mol. The minimum absolute atomic E-state index is 0.0479. The van der Waals surface area contributed by atoms with Crippen molar-refractivity contribution in [3.05, 3.63) is 33.4 Å². The number of nitrogens with zero attached hydrogens (tertiary/aromatic N) is 1. The molecule has 2 N–H and O–H groups in total. The van der Waals surface area contributed by atoms with Gasteiger partial charge in [0, 0.05) is 12.5 Å². The van der Waals surface area contributed by atoms with Gasteiger partial charge >= 0.3 is 0 Å². The maximum atomic E-state index is 12.1. The van der Waals surface area contributed by atoms with Crippen molar-refractivity contribution in [3.63, 3.8) is 0 Å². The SMILES string of the molecule is Cc1cc(NC(=O)CC2CCCNC2)c([N+](=O)[O-])cc1C. The van der Waals surface area contributed by atoms with E-state index < -0.39 is 4.92 Å². The Morgan fingerprint density at radius 2 is 2.14 bits per heavy atom. The molecule has 6 nitrogen and oxygen atoms in total. The van der Waals surface area contributed by atoms with Gasteiger partial charge in [-0.2, -0.15) is 0 Å². The molecule has 21 heavy (non-hydrogen) atoms. The van der Waals surface area contributed by atoms with Crippen LogP contribution in [0.3, 0.4) is 0 Å². The fourth-order valence-electron chi connectivity index (χ4n) is 2.61. The van der Waals surface area contributed by atoms with Gasteiger partial charge in [-0.1, -0.05) is 0 Å². The summed E-state index contributed by atoms with van der Waals surface area (Å²) < 4.78 is 0. The Bertz CT molecular complexity index is 551. The van der Waals surface area contributed by atoms with Gasteiger partial charge in [0.2, 0.25) is 5.91 Å². The lowest BCUT2D eigenvalue weighted by molar-refractivity contribution is -0.384. The molecule has 114 valence electrons. The number of benzene rings is 1. The quantitative estimate of drug-likeness (QED) is 0.659. The highest BCUT2D eigenvalue weighted by atomic mass is 16.6. The molecule has 1 aliphatic rings. The number of anilines is 1. The number of carbonyl (C=O) groups is 1. The van der Waals surface area contributed by atoms with E-state index in [4.69, 9.17) is 0 Å². The number of aryl methyl sites for hydroxylation is 2. The molecule has 0 radical (unpaired) electrons. The number of hydrogen-bond acceptors (Lipinski definition) is 4. The van der Waals surface area contributed by atoms with Crippen molar-refractivity contribution in [3.8, 4) is 0 Å². The van der Waals surface area contributed by atoms with Gasteiger partial charge in [0.1, 0.15) is 5.69 Å². The van der Waals surface area contributed by atoms with Crippen LogP contribution in [0.2, 0.25) is 0 Å². The van der Waals surface area contributed by atoms with E-state index in [2.05, 4.69) is 10.6 Å². The van der Waals surface area contributed by atoms with Crippen molar-refractivity contribution in [1.29, 1.82) is 0 Å². The smallest absolute Gasteiger partial charge is 0.293 e. The van der Waals surface area contributed by atoms with Crippen LogP contribution in [0.25, 0.3) is 0 Å². The lowest BCUT2D eigenvalue weighted by Gasteiger charge is -2.22. The number of amides is 1. The highest BCUT2D eigenvalue weighted by Gasteiger charge is 2.20. The molecule has 2 rings (SSSR count). The summed E-state index contributed by atoms with van der Waals surface area (Å²) in [7, 11) is 0. The van der Waals surface area contributed by atoms with Gasteiger partial charge < -0.3 is 10.6 Å². The fourth-order valence-corrected chi connectivity index (χ4v) is 2.61. The predicted molar refractivity (Wildman–Crippen MR) is 81.4 cm³/mol. The summed E-state index contributed by atoms with van der Waals surface area (Å²) in [6.45, 7) is 5.53. The van der Waals surface area contributed by atoms with Gasteiger partial charge in [-0.3, -0.25) is 14.9 Å². The molecule has 1 aromatic carbocycles. The fraction of sp³-hybridized carbons (Fsp3) is 0.533. The lowest BCUT2D eigenvalue weighted by Crippen LogP contribution is -2.32. The van der Waals surface area contributed by atoms with Crippen LogP contribution >= 0.6 is 0 Å². The zero-order chi connectivity index (χ0) is 15.4. The molecular formula is C15H21N3O3. The summed E-state index contributed by atoms with van der Waals surface area (Å²) in [5.74, 6) is 0.152. The molecule has 6 heteroatoms. The van der Waals surface area contributed by atoms with Crippen LogP contribution in [0.1, 0.15) is 30.4 Å². The number of rotatable bonds is 4. The number of nitro benzene ring substituents is 1. The molecule has 1 saturated heterocycles. The zero-order valence-corrected chi connectivity index (χ0v) is 12.4. The van der Waals surface area contributed by atoms with Crippen LogP contribution in [0.5, 0.6) is 0 Å². The number of hydrogen-bond donors (Lipinski definition) is 2. The first-order valence-electron chi connectivity index (χ1n) is 7.23. The van der Waals surface area contributed by atoms with E-state index in [9.17, 15) is 14.9 Å². The van der Waals surface area contributed by atoms with Gasteiger partial charge in [-0.25, -0.2) is 0 Å². The third-order valence-electron chi connectivity index (χ3n) is 3.96. The van der Waals surface area contributed by atoms with Crippen molar-refractivity contribution in [1.82, 2.24) is 5.32 Å². The van der Waals surface area contributed by atoms with Gasteiger partial charge in [-0.15, -0.1) is 0 Å². The van der Waals surface area contributed by atoms with Crippen molar-refractivity contribution < 1.29 is 9.72 Å². The average Bonchev–Trinajstić information content (AvgIpc) is 2.43. The maximum Gasteiger partial charge on any atom is 0.293 e. The highest BCUT2D eigenvalue weighted by molar-refractivity contribution is 5.93. The standard InChI is InChI=1S/C15H21N3O3/c1-10-6-13(14(18(20)21)7-11(10)2)17-15(19)8-12-4-3-5-16-9-12/h6-7,12,16H,3-5,8-9H2,1-2H3,(H,17,19). The Kier molecular flexibility index (Phi) is 4.90. The Hall–Kier alpha value is -1.95. The van der Waals surface area contributed by atoms with Gasteiger partial charge in [0.25, 0.3) is 5.69 Å². The molecule has 1 atom stereocenters. The molecule has 0 aromatic heterocycles. The Morgan fingerprint density at radius 3 is 2.76 bits per heavy atom. The van der Waals surface area contributed by atoms with Crippen molar-refractivity contribution >= 4 is 17.3 Å². The molecule has 0 spiro atoms. The normalized spacial score (nSPS) is 18.3. The zero-order valence-electron chi connectivity index (χ0n) is 12.4. The van der Waals surface area contributed by atoms with Crippen LogP contribution in [-0.2, 0) is 4.79 Å². The minimum atomic E-state index is -0.454. The molecule has 1 amide bonds. The second-order valence-corrected chi connectivity index (χ2v) is 5.68. The molecule has 1 aliphatic heterocycles. The van der Waals surface area contributed by atoms with E-state index in [-0.39, 0.29) is 17.3 Å². The summed E-state index contributed by atoms with van der Waals surface area (Å²) in [5, 5.41) is 17.1. The first-order valence-corrected chi connectivity index (χ1v) is 7.23. The Balaban J connectivity index is 2.09. The van der Waals surface area contributed by atoms with E-state index in [1.807, 2.05) is 13.8 Å². The van der Waals surface area contributed by atoms with E-state index in [1.54, 1.807) is 6.07 Å². The van der Waals surface area contributed by atoms with E-state index in [1.165, 1.54) is 6.07 Å². The van der Waals surface area contributed by atoms with E-state index in [0.29, 0.717) is 12.3 Å². The Morgan fingerprint density at radius 1 is 1.43 bits per heavy atom. The summed E-state index contributed by atoms with van der Waals surface area (Å²) in [6.07, 6.45) is 2.49. The minimum Gasteiger partial charge on any atom is -0.320 e. The van der Waals surface area contributed by atoms with Gasteiger partial charge in [-0.05, 0) is 62.9 Å².